The van der Waals surface area contributed by atoms with Gasteiger partial charge in [-0.05, 0) is 12.1 Å². The molecule has 0 aromatic heterocycles. The van der Waals surface area contributed by atoms with E-state index in [9.17, 15) is 26.7 Å². The summed E-state index contributed by atoms with van der Waals surface area (Å²) in [5, 5.41) is 0. The van der Waals surface area contributed by atoms with Crippen LogP contribution in [0, 0.1) is 0 Å². The zero-order valence-electron chi connectivity index (χ0n) is 11.9. The molecule has 1 aromatic carbocycles. The highest BCUT2D eigenvalue weighted by atomic mass is 19.4. The predicted molar refractivity (Wildman–Crippen MR) is 70.4 cm³/mol. The second-order valence-electron chi connectivity index (χ2n) is 4.86. The first kappa shape index (κ1) is 17.2. The first-order chi connectivity index (χ1) is 9.41. The zero-order valence-corrected chi connectivity index (χ0v) is 11.9. The summed E-state index contributed by atoms with van der Waals surface area (Å²) in [7, 11) is 5.82. The van der Waals surface area contributed by atoms with Gasteiger partial charge < -0.3 is 9.80 Å². The summed E-state index contributed by atoms with van der Waals surface area (Å²) >= 11 is 0. The van der Waals surface area contributed by atoms with Crippen LogP contribution in [0.4, 0.5) is 33.3 Å². The molecule has 118 valence electrons. The van der Waals surface area contributed by atoms with Gasteiger partial charge in [-0.15, -0.1) is 0 Å². The highest BCUT2D eigenvalue weighted by molar-refractivity contribution is 6.10. The first-order valence-corrected chi connectivity index (χ1v) is 5.88. The van der Waals surface area contributed by atoms with Crippen molar-refractivity contribution in [3.63, 3.8) is 0 Å². The number of carbonyl (C=O) groups is 1. The van der Waals surface area contributed by atoms with Gasteiger partial charge in [0.1, 0.15) is 0 Å². The van der Waals surface area contributed by atoms with E-state index in [1.54, 1.807) is 0 Å². The van der Waals surface area contributed by atoms with Crippen LogP contribution in [0.3, 0.4) is 0 Å². The van der Waals surface area contributed by atoms with Crippen molar-refractivity contribution in [2.75, 3.05) is 38.0 Å². The molecular weight excluding hydrogens is 295 g/mol. The van der Waals surface area contributed by atoms with E-state index < -0.39 is 23.4 Å². The van der Waals surface area contributed by atoms with Crippen LogP contribution in [0.2, 0.25) is 0 Å². The summed E-state index contributed by atoms with van der Waals surface area (Å²) in [5.41, 5.74) is -0.667. The molecule has 8 heteroatoms. The average Bonchev–Trinajstić information content (AvgIpc) is 2.35. The van der Waals surface area contributed by atoms with Crippen molar-refractivity contribution in [2.45, 2.75) is 12.1 Å². The number of nitrogens with zero attached hydrogens (tertiary/aromatic N) is 2. The van der Waals surface area contributed by atoms with Crippen LogP contribution in [0.15, 0.2) is 18.2 Å². The SMILES string of the molecule is CN(C)c1cccc(N(C)C)c1C(=O)C(F)(F)C(F)(F)F. The van der Waals surface area contributed by atoms with Crippen molar-refractivity contribution in [3.05, 3.63) is 23.8 Å². The van der Waals surface area contributed by atoms with Crippen LogP contribution in [-0.2, 0) is 0 Å². The number of alkyl halides is 5. The summed E-state index contributed by atoms with van der Waals surface area (Å²) in [4.78, 5) is 14.5. The summed E-state index contributed by atoms with van der Waals surface area (Å²) in [6.45, 7) is 0. The van der Waals surface area contributed by atoms with Crippen molar-refractivity contribution in [3.8, 4) is 0 Å². The molecule has 21 heavy (non-hydrogen) atoms. The number of benzene rings is 1. The van der Waals surface area contributed by atoms with E-state index >= 15 is 0 Å². The first-order valence-electron chi connectivity index (χ1n) is 5.88. The quantitative estimate of drug-likeness (QED) is 0.630. The Bertz CT molecular complexity index is 512. The maximum atomic E-state index is 13.4. The number of carbonyl (C=O) groups excluding carboxylic acids is 1. The van der Waals surface area contributed by atoms with Gasteiger partial charge in [0.05, 0.1) is 5.56 Å². The van der Waals surface area contributed by atoms with Gasteiger partial charge in [0, 0.05) is 39.6 Å². The number of hydrogen-bond acceptors (Lipinski definition) is 3. The lowest BCUT2D eigenvalue weighted by Crippen LogP contribution is -2.45. The van der Waals surface area contributed by atoms with Gasteiger partial charge >= 0.3 is 12.1 Å². The second-order valence-corrected chi connectivity index (χ2v) is 4.86. The molecule has 0 saturated carbocycles. The molecule has 0 aliphatic rings. The summed E-state index contributed by atoms with van der Waals surface area (Å²) in [5.74, 6) is -7.70. The molecule has 1 rings (SSSR count). The normalized spacial score (nSPS) is 12.2. The van der Waals surface area contributed by atoms with Crippen molar-refractivity contribution >= 4 is 17.2 Å². The Balaban J connectivity index is 3.58. The molecular formula is C13H15F5N2O. The van der Waals surface area contributed by atoms with E-state index in [1.807, 2.05) is 0 Å². The maximum Gasteiger partial charge on any atom is 0.461 e. The number of hydrogen-bond donors (Lipinski definition) is 0. The molecule has 0 N–H and O–H groups in total. The Morgan fingerprint density at radius 3 is 1.57 bits per heavy atom. The van der Waals surface area contributed by atoms with Crippen LogP contribution < -0.4 is 9.80 Å². The minimum Gasteiger partial charge on any atom is -0.377 e. The van der Waals surface area contributed by atoms with Crippen molar-refractivity contribution in [2.24, 2.45) is 0 Å². The molecule has 0 aliphatic heterocycles. The van der Waals surface area contributed by atoms with Crippen LogP contribution in [-0.4, -0.2) is 46.1 Å². The number of anilines is 2. The monoisotopic (exact) mass is 310 g/mol. The minimum atomic E-state index is -5.94. The van der Waals surface area contributed by atoms with Gasteiger partial charge in [0.15, 0.2) is 0 Å². The Hall–Kier alpha value is -1.86. The van der Waals surface area contributed by atoms with Crippen molar-refractivity contribution < 1.29 is 26.7 Å². The smallest absolute Gasteiger partial charge is 0.377 e. The molecule has 0 aliphatic carbocycles. The standard InChI is InChI=1S/C13H15F5N2O/c1-19(2)8-6-5-7-9(20(3)4)10(8)11(21)12(14,15)13(16,17)18/h5-7H,1-4H3. The topological polar surface area (TPSA) is 23.6 Å². The highest BCUT2D eigenvalue weighted by Gasteiger charge is 2.63. The average molecular weight is 310 g/mol. The largest absolute Gasteiger partial charge is 0.461 e. The fourth-order valence-corrected chi connectivity index (χ4v) is 1.79. The van der Waals surface area contributed by atoms with Crippen LogP contribution in [0.1, 0.15) is 10.4 Å². The fourth-order valence-electron chi connectivity index (χ4n) is 1.79. The number of halogens is 5. The van der Waals surface area contributed by atoms with Gasteiger partial charge in [-0.2, -0.15) is 22.0 Å². The van der Waals surface area contributed by atoms with Crippen LogP contribution >= 0.6 is 0 Å². The van der Waals surface area contributed by atoms with E-state index in [2.05, 4.69) is 0 Å². The maximum absolute atomic E-state index is 13.4. The van der Waals surface area contributed by atoms with Crippen molar-refractivity contribution in [1.29, 1.82) is 0 Å². The lowest BCUT2D eigenvalue weighted by Gasteiger charge is -2.26. The zero-order chi connectivity index (χ0) is 16.6. The molecule has 0 spiro atoms. The summed E-state index contributed by atoms with van der Waals surface area (Å²) in [6, 6.07) is 4.10. The number of Topliss-reactive ketones (excluding diaryl/α,β-unsaturated/α-hetero) is 1. The third kappa shape index (κ3) is 3.08. The van der Waals surface area contributed by atoms with Crippen LogP contribution in [0.5, 0.6) is 0 Å². The third-order valence-corrected chi connectivity index (χ3v) is 2.85. The van der Waals surface area contributed by atoms with Crippen LogP contribution in [0.25, 0.3) is 0 Å². The molecule has 0 radical (unpaired) electrons. The minimum absolute atomic E-state index is 0.00451. The fraction of sp³-hybridized carbons (Fsp3) is 0.462. The van der Waals surface area contributed by atoms with E-state index in [0.717, 1.165) is 0 Å². The summed E-state index contributed by atoms with van der Waals surface area (Å²) < 4.78 is 64.1. The lowest BCUT2D eigenvalue weighted by atomic mass is 9.99. The molecule has 0 amide bonds. The molecule has 0 atom stereocenters. The van der Waals surface area contributed by atoms with E-state index in [1.165, 1.54) is 56.2 Å². The van der Waals surface area contributed by atoms with Gasteiger partial charge in [0.2, 0.25) is 5.78 Å². The molecule has 0 heterocycles. The van der Waals surface area contributed by atoms with E-state index in [-0.39, 0.29) is 11.4 Å². The predicted octanol–water partition coefficient (Wildman–Crippen LogP) is 3.20. The Morgan fingerprint density at radius 1 is 0.905 bits per heavy atom. The lowest BCUT2D eigenvalue weighted by molar-refractivity contribution is -0.255. The van der Waals surface area contributed by atoms with Gasteiger partial charge in [-0.25, -0.2) is 0 Å². The Kier molecular flexibility index (Phi) is 4.50. The second kappa shape index (κ2) is 5.50. The molecule has 0 saturated heterocycles. The molecule has 0 fully saturated rings. The van der Waals surface area contributed by atoms with E-state index in [4.69, 9.17) is 0 Å². The molecule has 1 aromatic rings. The van der Waals surface area contributed by atoms with E-state index in [0.29, 0.717) is 0 Å². The highest BCUT2D eigenvalue weighted by Crippen LogP contribution is 2.41. The van der Waals surface area contributed by atoms with Gasteiger partial charge in [-0.1, -0.05) is 6.07 Å². The molecule has 3 nitrogen and oxygen atoms in total. The number of rotatable bonds is 4. The summed E-state index contributed by atoms with van der Waals surface area (Å²) in [6.07, 6.45) is -5.94. The van der Waals surface area contributed by atoms with Crippen molar-refractivity contribution in [1.82, 2.24) is 0 Å². The number of ketones is 1. The Labute approximate surface area is 118 Å². The third-order valence-electron chi connectivity index (χ3n) is 2.85. The Morgan fingerprint density at radius 2 is 1.29 bits per heavy atom. The van der Waals surface area contributed by atoms with Gasteiger partial charge in [-0.3, -0.25) is 4.79 Å². The molecule has 0 unspecified atom stereocenters. The van der Waals surface area contributed by atoms with Gasteiger partial charge in [0.25, 0.3) is 0 Å². The molecule has 0 bridgehead atoms.